The molecule has 0 aliphatic heterocycles. The fourth-order valence-electron chi connectivity index (χ4n) is 1.56. The maximum Gasteiger partial charge on any atom is 0.319 e. The number of ether oxygens (including phenoxy) is 1. The smallest absolute Gasteiger partial charge is 0.319 e. The van der Waals surface area contributed by atoms with Gasteiger partial charge in [0, 0.05) is 19.0 Å². The Hall–Kier alpha value is -2.31. The van der Waals surface area contributed by atoms with Gasteiger partial charge in [-0.05, 0) is 32.4 Å². The highest BCUT2D eigenvalue weighted by molar-refractivity contribution is 5.90. The standard InChI is InChI=1S/C14H19FN2O4/c1-9(2)21-12-6-5-10(15)8-11(12)17-14(20)16-7-3-4-13(18)19/h5-6,8-9H,3-4,7H2,1-2H3,(H,18,19)(H2,16,17,20). The van der Waals surface area contributed by atoms with Crippen LogP contribution in [0.4, 0.5) is 14.9 Å². The zero-order valence-corrected chi connectivity index (χ0v) is 12.0. The summed E-state index contributed by atoms with van der Waals surface area (Å²) in [6.45, 7) is 3.85. The number of nitrogens with one attached hydrogen (secondary N) is 2. The number of carbonyl (C=O) groups is 2. The molecule has 0 aliphatic carbocycles. The Labute approximate surface area is 122 Å². The number of benzene rings is 1. The van der Waals surface area contributed by atoms with Crippen LogP contribution in [0.2, 0.25) is 0 Å². The number of carbonyl (C=O) groups excluding carboxylic acids is 1. The molecule has 1 rings (SSSR count). The van der Waals surface area contributed by atoms with Crippen molar-refractivity contribution < 1.29 is 23.8 Å². The number of hydrogen-bond acceptors (Lipinski definition) is 3. The average Bonchev–Trinajstić information content (AvgIpc) is 2.37. The monoisotopic (exact) mass is 298 g/mol. The minimum atomic E-state index is -0.921. The second-order valence-electron chi connectivity index (χ2n) is 4.69. The summed E-state index contributed by atoms with van der Waals surface area (Å²) >= 11 is 0. The molecule has 0 aromatic heterocycles. The number of rotatable bonds is 7. The maximum atomic E-state index is 13.2. The van der Waals surface area contributed by atoms with Gasteiger partial charge in [-0.25, -0.2) is 9.18 Å². The van der Waals surface area contributed by atoms with E-state index in [1.165, 1.54) is 12.1 Å². The molecule has 0 aliphatic rings. The van der Waals surface area contributed by atoms with E-state index in [0.29, 0.717) is 12.2 Å². The van der Waals surface area contributed by atoms with Gasteiger partial charge in [-0.15, -0.1) is 0 Å². The van der Waals surface area contributed by atoms with E-state index in [1.807, 2.05) is 13.8 Å². The number of hydrogen-bond donors (Lipinski definition) is 3. The zero-order valence-electron chi connectivity index (χ0n) is 12.0. The number of amides is 2. The first-order valence-corrected chi connectivity index (χ1v) is 6.61. The number of aliphatic carboxylic acids is 1. The second kappa shape index (κ2) is 8.08. The molecule has 0 spiro atoms. The van der Waals surface area contributed by atoms with Crippen molar-refractivity contribution in [2.45, 2.75) is 32.8 Å². The van der Waals surface area contributed by atoms with E-state index in [-0.39, 0.29) is 24.8 Å². The molecule has 3 N–H and O–H groups in total. The lowest BCUT2D eigenvalue weighted by molar-refractivity contribution is -0.137. The SMILES string of the molecule is CC(C)Oc1ccc(F)cc1NC(=O)NCCCC(=O)O. The van der Waals surface area contributed by atoms with Gasteiger partial charge in [-0.3, -0.25) is 4.79 Å². The summed E-state index contributed by atoms with van der Waals surface area (Å²) in [5.74, 6) is -1.05. The molecule has 116 valence electrons. The predicted octanol–water partition coefficient (Wildman–Crippen LogP) is 2.60. The van der Waals surface area contributed by atoms with Crippen LogP contribution >= 0.6 is 0 Å². The summed E-state index contributed by atoms with van der Waals surface area (Å²) in [6.07, 6.45) is 0.179. The van der Waals surface area contributed by atoms with Crippen molar-refractivity contribution in [1.29, 1.82) is 0 Å². The van der Waals surface area contributed by atoms with Crippen LogP contribution in [0, 0.1) is 5.82 Å². The van der Waals surface area contributed by atoms with Gasteiger partial charge in [0.15, 0.2) is 0 Å². The second-order valence-corrected chi connectivity index (χ2v) is 4.69. The Balaban J connectivity index is 2.58. The van der Waals surface area contributed by atoms with E-state index in [0.717, 1.165) is 6.07 Å². The third-order valence-electron chi connectivity index (χ3n) is 2.41. The first kappa shape index (κ1) is 16.7. The third-order valence-corrected chi connectivity index (χ3v) is 2.41. The van der Waals surface area contributed by atoms with Crippen molar-refractivity contribution in [2.75, 3.05) is 11.9 Å². The van der Waals surface area contributed by atoms with Gasteiger partial charge in [0.2, 0.25) is 0 Å². The van der Waals surface area contributed by atoms with Crippen molar-refractivity contribution >= 4 is 17.7 Å². The van der Waals surface area contributed by atoms with E-state index in [1.54, 1.807) is 0 Å². The summed E-state index contributed by atoms with van der Waals surface area (Å²) in [7, 11) is 0. The lowest BCUT2D eigenvalue weighted by Crippen LogP contribution is -2.30. The highest BCUT2D eigenvalue weighted by atomic mass is 19.1. The van der Waals surface area contributed by atoms with E-state index in [9.17, 15) is 14.0 Å². The van der Waals surface area contributed by atoms with Crippen molar-refractivity contribution in [3.63, 3.8) is 0 Å². The molecular formula is C14H19FN2O4. The van der Waals surface area contributed by atoms with Crippen LogP contribution in [0.15, 0.2) is 18.2 Å². The van der Waals surface area contributed by atoms with Gasteiger partial charge in [0.1, 0.15) is 11.6 Å². The van der Waals surface area contributed by atoms with Gasteiger partial charge in [-0.2, -0.15) is 0 Å². The Morgan fingerprint density at radius 3 is 2.71 bits per heavy atom. The molecule has 1 aromatic rings. The first-order chi connectivity index (χ1) is 9.88. The van der Waals surface area contributed by atoms with E-state index < -0.39 is 17.8 Å². The molecule has 0 saturated heterocycles. The van der Waals surface area contributed by atoms with Crippen LogP contribution in [-0.4, -0.2) is 29.8 Å². The Morgan fingerprint density at radius 1 is 1.38 bits per heavy atom. The molecule has 0 heterocycles. The Kier molecular flexibility index (Phi) is 6.45. The molecule has 2 amide bonds. The van der Waals surface area contributed by atoms with Gasteiger partial charge >= 0.3 is 12.0 Å². The minimum Gasteiger partial charge on any atom is -0.489 e. The Morgan fingerprint density at radius 2 is 2.10 bits per heavy atom. The maximum absolute atomic E-state index is 13.2. The molecule has 0 unspecified atom stereocenters. The Bertz CT molecular complexity index is 506. The lowest BCUT2D eigenvalue weighted by Gasteiger charge is -2.15. The topological polar surface area (TPSA) is 87.7 Å². The van der Waals surface area contributed by atoms with Crippen molar-refractivity contribution in [3.05, 3.63) is 24.0 Å². The van der Waals surface area contributed by atoms with Crippen molar-refractivity contribution in [3.8, 4) is 5.75 Å². The molecule has 0 saturated carbocycles. The molecule has 0 bridgehead atoms. The molecule has 1 aromatic carbocycles. The van der Waals surface area contributed by atoms with Crippen molar-refractivity contribution in [2.24, 2.45) is 0 Å². The molecule has 6 nitrogen and oxygen atoms in total. The van der Waals surface area contributed by atoms with E-state index >= 15 is 0 Å². The van der Waals surface area contributed by atoms with Crippen molar-refractivity contribution in [1.82, 2.24) is 5.32 Å². The van der Waals surface area contributed by atoms with Crippen LogP contribution in [-0.2, 0) is 4.79 Å². The molecule has 7 heteroatoms. The van der Waals surface area contributed by atoms with Crippen LogP contribution in [0.5, 0.6) is 5.75 Å². The molecule has 0 fully saturated rings. The number of carboxylic acid groups (broad SMARTS) is 1. The highest BCUT2D eigenvalue weighted by Crippen LogP contribution is 2.26. The molecule has 0 radical (unpaired) electrons. The summed E-state index contributed by atoms with van der Waals surface area (Å²) in [5, 5.41) is 13.5. The molecule has 21 heavy (non-hydrogen) atoms. The summed E-state index contributed by atoms with van der Waals surface area (Å²) in [4.78, 5) is 22.0. The van der Waals surface area contributed by atoms with Gasteiger partial charge in [0.25, 0.3) is 0 Å². The number of anilines is 1. The number of carboxylic acids is 1. The zero-order chi connectivity index (χ0) is 15.8. The highest BCUT2D eigenvalue weighted by Gasteiger charge is 2.10. The molecule has 0 atom stereocenters. The fourth-order valence-corrected chi connectivity index (χ4v) is 1.56. The minimum absolute atomic E-state index is 0.0258. The number of urea groups is 1. The van der Waals surface area contributed by atoms with Gasteiger partial charge < -0.3 is 20.5 Å². The largest absolute Gasteiger partial charge is 0.489 e. The lowest BCUT2D eigenvalue weighted by atomic mass is 10.2. The van der Waals surface area contributed by atoms with E-state index in [2.05, 4.69) is 10.6 Å². The third kappa shape index (κ3) is 6.60. The summed E-state index contributed by atoms with van der Waals surface area (Å²) < 4.78 is 18.7. The normalized spacial score (nSPS) is 10.3. The average molecular weight is 298 g/mol. The van der Waals surface area contributed by atoms with E-state index in [4.69, 9.17) is 9.84 Å². The first-order valence-electron chi connectivity index (χ1n) is 6.61. The number of halogens is 1. The van der Waals surface area contributed by atoms with Crippen LogP contribution in [0.1, 0.15) is 26.7 Å². The van der Waals surface area contributed by atoms with Crippen LogP contribution in [0.25, 0.3) is 0 Å². The summed E-state index contributed by atoms with van der Waals surface area (Å²) in [6, 6.07) is 3.30. The fraction of sp³-hybridized carbons (Fsp3) is 0.429. The van der Waals surface area contributed by atoms with Gasteiger partial charge in [0.05, 0.1) is 11.8 Å². The summed E-state index contributed by atoms with van der Waals surface area (Å²) in [5.41, 5.74) is 0.222. The van der Waals surface area contributed by atoms with Crippen LogP contribution in [0.3, 0.4) is 0 Å². The molecular weight excluding hydrogens is 279 g/mol. The quantitative estimate of drug-likeness (QED) is 0.675. The van der Waals surface area contributed by atoms with Gasteiger partial charge in [-0.1, -0.05) is 0 Å². The predicted molar refractivity (Wildman–Crippen MR) is 76.1 cm³/mol. The van der Waals surface area contributed by atoms with Crippen LogP contribution < -0.4 is 15.4 Å².